The van der Waals surface area contributed by atoms with Crippen molar-refractivity contribution < 1.29 is 13.6 Å². The average molecular weight is 417 g/mol. The van der Waals surface area contributed by atoms with E-state index in [1.807, 2.05) is 36.4 Å². The number of hydrogen-bond acceptors (Lipinski definition) is 3. The molecule has 3 aromatic carbocycles. The van der Waals surface area contributed by atoms with Crippen LogP contribution in [0.1, 0.15) is 10.4 Å². The Bertz CT molecular complexity index is 1320. The molecule has 0 saturated heterocycles. The van der Waals surface area contributed by atoms with Crippen molar-refractivity contribution in [3.63, 3.8) is 0 Å². The molecule has 0 aliphatic carbocycles. The van der Waals surface area contributed by atoms with Gasteiger partial charge in [0.1, 0.15) is 17.2 Å². The standard InChI is InChI=1S/C24H17F2N3O2/c1-29-24(31)21(23(30)27-19-14-17(25)12-13-18(19)26)20(15-8-4-2-5-9-15)22(28-29)16-10-6-3-7-11-16/h2-14H,1H3,(H,27,30). The fraction of sp³-hybridized carbons (Fsp3) is 0.0417. The zero-order valence-electron chi connectivity index (χ0n) is 16.5. The van der Waals surface area contributed by atoms with Gasteiger partial charge in [0.2, 0.25) is 0 Å². The van der Waals surface area contributed by atoms with Gasteiger partial charge >= 0.3 is 0 Å². The van der Waals surface area contributed by atoms with Crippen LogP contribution in [0.4, 0.5) is 14.5 Å². The molecule has 31 heavy (non-hydrogen) atoms. The summed E-state index contributed by atoms with van der Waals surface area (Å²) in [4.78, 5) is 26.2. The number of nitrogens with zero attached hydrogens (tertiary/aromatic N) is 2. The number of rotatable bonds is 4. The summed E-state index contributed by atoms with van der Waals surface area (Å²) in [6, 6.07) is 20.7. The summed E-state index contributed by atoms with van der Waals surface area (Å²) >= 11 is 0. The monoisotopic (exact) mass is 417 g/mol. The molecule has 0 atom stereocenters. The summed E-state index contributed by atoms with van der Waals surface area (Å²) in [6.07, 6.45) is 0. The number of amides is 1. The third-order valence-electron chi connectivity index (χ3n) is 4.76. The highest BCUT2D eigenvalue weighted by Crippen LogP contribution is 2.32. The molecule has 5 nitrogen and oxygen atoms in total. The molecule has 1 N–H and O–H groups in total. The molecule has 1 amide bonds. The molecule has 1 aromatic heterocycles. The summed E-state index contributed by atoms with van der Waals surface area (Å²) < 4.78 is 28.8. The van der Waals surface area contributed by atoms with Crippen molar-refractivity contribution in [2.75, 3.05) is 5.32 Å². The summed E-state index contributed by atoms with van der Waals surface area (Å²) in [7, 11) is 1.43. The number of anilines is 1. The van der Waals surface area contributed by atoms with Crippen LogP contribution >= 0.6 is 0 Å². The maximum atomic E-state index is 14.1. The van der Waals surface area contributed by atoms with E-state index >= 15 is 0 Å². The molecule has 0 radical (unpaired) electrons. The first-order chi connectivity index (χ1) is 15.0. The molecular formula is C24H17F2N3O2. The minimum atomic E-state index is -0.858. The van der Waals surface area contributed by atoms with E-state index in [1.54, 1.807) is 24.3 Å². The second-order valence-corrected chi connectivity index (χ2v) is 6.84. The normalized spacial score (nSPS) is 10.7. The number of carbonyl (C=O) groups excluding carboxylic acids is 1. The van der Waals surface area contributed by atoms with E-state index in [1.165, 1.54) is 7.05 Å². The molecule has 0 aliphatic rings. The van der Waals surface area contributed by atoms with Gasteiger partial charge in [0.05, 0.1) is 11.4 Å². The van der Waals surface area contributed by atoms with Crippen LogP contribution in [0.5, 0.6) is 0 Å². The first-order valence-corrected chi connectivity index (χ1v) is 9.44. The fourth-order valence-corrected chi connectivity index (χ4v) is 3.31. The lowest BCUT2D eigenvalue weighted by atomic mass is 9.95. The Kier molecular flexibility index (Phi) is 5.41. The van der Waals surface area contributed by atoms with Gasteiger partial charge in [-0.3, -0.25) is 9.59 Å². The van der Waals surface area contributed by atoms with Crippen LogP contribution in [-0.2, 0) is 7.05 Å². The van der Waals surface area contributed by atoms with Gasteiger partial charge in [0.25, 0.3) is 11.5 Å². The van der Waals surface area contributed by atoms with E-state index in [0.717, 1.165) is 22.9 Å². The second-order valence-electron chi connectivity index (χ2n) is 6.84. The molecule has 154 valence electrons. The average Bonchev–Trinajstić information content (AvgIpc) is 2.78. The van der Waals surface area contributed by atoms with Crippen LogP contribution in [0, 0.1) is 11.6 Å². The van der Waals surface area contributed by atoms with E-state index in [-0.39, 0.29) is 11.3 Å². The van der Waals surface area contributed by atoms with Crippen LogP contribution < -0.4 is 10.9 Å². The maximum absolute atomic E-state index is 14.1. The van der Waals surface area contributed by atoms with E-state index in [9.17, 15) is 18.4 Å². The number of hydrogen-bond donors (Lipinski definition) is 1. The predicted molar refractivity (Wildman–Crippen MR) is 115 cm³/mol. The van der Waals surface area contributed by atoms with Crippen LogP contribution in [0.3, 0.4) is 0 Å². The van der Waals surface area contributed by atoms with Gasteiger partial charge in [0.15, 0.2) is 0 Å². The first kappa shape index (κ1) is 20.2. The molecule has 0 spiro atoms. The van der Waals surface area contributed by atoms with Crippen molar-refractivity contribution in [2.24, 2.45) is 7.05 Å². The van der Waals surface area contributed by atoms with Crippen molar-refractivity contribution in [1.29, 1.82) is 0 Å². The SMILES string of the molecule is Cn1nc(-c2ccccc2)c(-c2ccccc2)c(C(=O)Nc2cc(F)ccc2F)c1=O. The minimum Gasteiger partial charge on any atom is -0.319 e. The van der Waals surface area contributed by atoms with Crippen molar-refractivity contribution in [3.05, 3.63) is 106 Å². The first-order valence-electron chi connectivity index (χ1n) is 9.44. The minimum absolute atomic E-state index is 0.216. The van der Waals surface area contributed by atoms with E-state index in [4.69, 9.17) is 0 Å². The number of carbonyl (C=O) groups is 1. The largest absolute Gasteiger partial charge is 0.319 e. The number of benzene rings is 3. The summed E-state index contributed by atoms with van der Waals surface area (Å²) in [5, 5.41) is 6.72. The second kappa shape index (κ2) is 8.31. The number of aryl methyl sites for hydroxylation is 1. The Hall–Kier alpha value is -4.13. The summed E-state index contributed by atoms with van der Waals surface area (Å²) in [5.41, 5.74) is 0.783. The van der Waals surface area contributed by atoms with Gasteiger partial charge < -0.3 is 5.32 Å². The number of aromatic nitrogens is 2. The van der Waals surface area contributed by atoms with Gasteiger partial charge in [-0.05, 0) is 17.7 Å². The van der Waals surface area contributed by atoms with Crippen molar-refractivity contribution in [1.82, 2.24) is 9.78 Å². The molecular weight excluding hydrogens is 400 g/mol. The third-order valence-corrected chi connectivity index (χ3v) is 4.76. The topological polar surface area (TPSA) is 64.0 Å². The lowest BCUT2D eigenvalue weighted by Gasteiger charge is -2.16. The highest BCUT2D eigenvalue weighted by molar-refractivity contribution is 6.10. The quantitative estimate of drug-likeness (QED) is 0.526. The highest BCUT2D eigenvalue weighted by atomic mass is 19.1. The Balaban J connectivity index is 1.97. The number of halogens is 2. The molecule has 0 fully saturated rings. The van der Waals surface area contributed by atoms with Gasteiger partial charge in [-0.15, -0.1) is 0 Å². The Labute approximate surface area is 176 Å². The van der Waals surface area contributed by atoms with Gasteiger partial charge in [-0.2, -0.15) is 5.10 Å². The number of nitrogens with one attached hydrogen (secondary N) is 1. The molecule has 4 aromatic rings. The zero-order valence-corrected chi connectivity index (χ0v) is 16.5. The van der Waals surface area contributed by atoms with Crippen LogP contribution in [0.25, 0.3) is 22.4 Å². The predicted octanol–water partition coefficient (Wildman–Crippen LogP) is 4.64. The molecule has 1 heterocycles. The Morgan fingerprint density at radius 3 is 2.16 bits per heavy atom. The van der Waals surface area contributed by atoms with Crippen molar-refractivity contribution in [2.45, 2.75) is 0 Å². The van der Waals surface area contributed by atoms with Crippen LogP contribution in [-0.4, -0.2) is 15.7 Å². The van der Waals surface area contributed by atoms with E-state index in [2.05, 4.69) is 10.4 Å². The molecule has 0 saturated carbocycles. The smallest absolute Gasteiger partial charge is 0.280 e. The summed E-state index contributed by atoms with van der Waals surface area (Å²) in [5.74, 6) is -2.39. The molecule has 0 bridgehead atoms. The highest BCUT2D eigenvalue weighted by Gasteiger charge is 2.25. The van der Waals surface area contributed by atoms with Crippen molar-refractivity contribution >= 4 is 11.6 Å². The molecule has 7 heteroatoms. The Morgan fingerprint density at radius 1 is 0.903 bits per heavy atom. The van der Waals surface area contributed by atoms with Crippen molar-refractivity contribution in [3.8, 4) is 22.4 Å². The van der Waals surface area contributed by atoms with Crippen LogP contribution in [0.2, 0.25) is 0 Å². The lowest BCUT2D eigenvalue weighted by Crippen LogP contribution is -2.31. The van der Waals surface area contributed by atoms with Crippen LogP contribution in [0.15, 0.2) is 83.7 Å². The third kappa shape index (κ3) is 3.98. The summed E-state index contributed by atoms with van der Waals surface area (Å²) in [6.45, 7) is 0. The molecule has 0 unspecified atom stereocenters. The lowest BCUT2D eigenvalue weighted by molar-refractivity contribution is 0.102. The molecule has 0 aliphatic heterocycles. The van der Waals surface area contributed by atoms with Gasteiger partial charge in [-0.1, -0.05) is 60.7 Å². The van der Waals surface area contributed by atoms with E-state index in [0.29, 0.717) is 22.4 Å². The van der Waals surface area contributed by atoms with Gasteiger partial charge in [0, 0.05) is 24.2 Å². The van der Waals surface area contributed by atoms with E-state index < -0.39 is 23.1 Å². The Morgan fingerprint density at radius 2 is 1.52 bits per heavy atom. The van der Waals surface area contributed by atoms with Gasteiger partial charge in [-0.25, -0.2) is 13.5 Å². The fourth-order valence-electron chi connectivity index (χ4n) is 3.31. The zero-order chi connectivity index (χ0) is 22.0. The maximum Gasteiger partial charge on any atom is 0.280 e. The molecule has 4 rings (SSSR count).